The summed E-state index contributed by atoms with van der Waals surface area (Å²) in [7, 11) is 0. The lowest BCUT2D eigenvalue weighted by atomic mass is 10.1. The Morgan fingerprint density at radius 2 is 2.21 bits per heavy atom. The molecule has 5 heteroatoms. The summed E-state index contributed by atoms with van der Waals surface area (Å²) in [5.74, 6) is 0.766. The third-order valence-electron chi connectivity index (χ3n) is 3.48. The number of hydrogen-bond donors (Lipinski definition) is 0. The predicted octanol–water partition coefficient (Wildman–Crippen LogP) is 3.33. The molecule has 94 valence electrons. The van der Waals surface area contributed by atoms with E-state index in [2.05, 4.69) is 10.4 Å². The van der Waals surface area contributed by atoms with Gasteiger partial charge in [0, 0.05) is 23.4 Å². The molecule has 0 bridgehead atoms. The molecule has 0 N–H and O–H groups in total. The lowest BCUT2D eigenvalue weighted by Crippen LogP contribution is -2.27. The Labute approximate surface area is 118 Å². The van der Waals surface area contributed by atoms with E-state index in [0.29, 0.717) is 22.5 Å². The second-order valence-corrected chi connectivity index (χ2v) is 5.94. The maximum Gasteiger partial charge on any atom is 0.263 e. The van der Waals surface area contributed by atoms with Gasteiger partial charge in [0.1, 0.15) is 5.82 Å². The van der Waals surface area contributed by atoms with Crippen LogP contribution >= 0.6 is 22.9 Å². The van der Waals surface area contributed by atoms with Gasteiger partial charge < -0.3 is 0 Å². The lowest BCUT2D eigenvalue weighted by molar-refractivity contribution is 0.659. The van der Waals surface area contributed by atoms with Crippen LogP contribution in [0.25, 0.3) is 22.3 Å². The summed E-state index contributed by atoms with van der Waals surface area (Å²) in [5.41, 5.74) is 1.71. The molecule has 3 nitrogen and oxygen atoms in total. The van der Waals surface area contributed by atoms with Crippen molar-refractivity contribution in [2.45, 2.75) is 13.0 Å². The topological polar surface area (TPSA) is 34.9 Å². The highest BCUT2D eigenvalue weighted by atomic mass is 35.5. The van der Waals surface area contributed by atoms with E-state index in [9.17, 15) is 4.79 Å². The van der Waals surface area contributed by atoms with E-state index in [0.717, 1.165) is 17.8 Å². The van der Waals surface area contributed by atoms with Crippen molar-refractivity contribution in [1.82, 2.24) is 9.55 Å². The molecule has 0 fully saturated rings. The molecule has 0 unspecified atom stereocenters. The Morgan fingerprint density at radius 3 is 3.11 bits per heavy atom. The van der Waals surface area contributed by atoms with E-state index >= 15 is 0 Å². The number of fused-ring (bicyclic) bond motifs is 4. The number of thiophene rings is 1. The normalized spacial score (nSPS) is 13.3. The molecule has 0 amide bonds. The van der Waals surface area contributed by atoms with Gasteiger partial charge in [0.2, 0.25) is 0 Å². The van der Waals surface area contributed by atoms with Crippen molar-refractivity contribution in [3.8, 4) is 11.4 Å². The maximum absolute atomic E-state index is 12.6. The Hall–Kier alpha value is -1.65. The summed E-state index contributed by atoms with van der Waals surface area (Å²) in [5, 5.41) is 3.04. The predicted molar refractivity (Wildman–Crippen MR) is 78.0 cm³/mol. The average Bonchev–Trinajstić information content (AvgIpc) is 2.87. The van der Waals surface area contributed by atoms with Crippen molar-refractivity contribution in [3.05, 3.63) is 49.9 Å². The van der Waals surface area contributed by atoms with Gasteiger partial charge in [-0.15, -0.1) is 11.3 Å². The van der Waals surface area contributed by atoms with Crippen LogP contribution in [0.1, 0.15) is 4.88 Å². The van der Waals surface area contributed by atoms with Crippen LogP contribution in [0.3, 0.4) is 0 Å². The van der Waals surface area contributed by atoms with Crippen LogP contribution in [0.2, 0.25) is 5.02 Å². The van der Waals surface area contributed by atoms with Gasteiger partial charge in [-0.25, -0.2) is 4.98 Å². The zero-order valence-electron chi connectivity index (χ0n) is 9.89. The molecule has 3 heterocycles. The fourth-order valence-corrected chi connectivity index (χ4v) is 3.70. The minimum absolute atomic E-state index is 0.0394. The van der Waals surface area contributed by atoms with Gasteiger partial charge in [-0.3, -0.25) is 9.36 Å². The van der Waals surface area contributed by atoms with E-state index in [1.807, 2.05) is 18.2 Å². The quantitative estimate of drug-likeness (QED) is 0.636. The first kappa shape index (κ1) is 11.2. The minimum Gasteiger partial charge on any atom is -0.292 e. The van der Waals surface area contributed by atoms with Crippen LogP contribution in [0.4, 0.5) is 0 Å². The van der Waals surface area contributed by atoms with Gasteiger partial charge in [0.15, 0.2) is 0 Å². The number of aromatic nitrogens is 2. The third-order valence-corrected chi connectivity index (χ3v) is 4.78. The maximum atomic E-state index is 12.6. The zero-order chi connectivity index (χ0) is 13.0. The van der Waals surface area contributed by atoms with Gasteiger partial charge in [0.05, 0.1) is 15.9 Å². The Bertz CT molecular complexity index is 865. The number of halogens is 1. The summed E-state index contributed by atoms with van der Waals surface area (Å²) in [6, 6.07) is 7.43. The van der Waals surface area contributed by atoms with Gasteiger partial charge in [-0.2, -0.15) is 0 Å². The minimum atomic E-state index is -0.0394. The van der Waals surface area contributed by atoms with Crippen LogP contribution in [-0.4, -0.2) is 9.55 Å². The van der Waals surface area contributed by atoms with Crippen LogP contribution in [0, 0.1) is 0 Å². The fraction of sp³-hybridized carbons (Fsp3) is 0.143. The Morgan fingerprint density at radius 1 is 1.32 bits per heavy atom. The molecular formula is C14H9ClN2OS. The highest BCUT2D eigenvalue weighted by molar-refractivity contribution is 7.10. The summed E-state index contributed by atoms with van der Waals surface area (Å²) in [4.78, 5) is 18.5. The van der Waals surface area contributed by atoms with Crippen molar-refractivity contribution in [3.63, 3.8) is 0 Å². The molecule has 1 aromatic carbocycles. The van der Waals surface area contributed by atoms with Gasteiger partial charge >= 0.3 is 0 Å². The van der Waals surface area contributed by atoms with Crippen molar-refractivity contribution < 1.29 is 0 Å². The molecule has 4 rings (SSSR count). The first-order valence-corrected chi connectivity index (χ1v) is 7.27. The number of hydrogen-bond acceptors (Lipinski definition) is 3. The first-order valence-electron chi connectivity index (χ1n) is 6.01. The number of benzene rings is 1. The molecule has 2 aromatic heterocycles. The van der Waals surface area contributed by atoms with Crippen LogP contribution in [-0.2, 0) is 13.0 Å². The molecule has 0 saturated heterocycles. The molecule has 0 atom stereocenters. The highest BCUT2D eigenvalue weighted by Crippen LogP contribution is 2.32. The Kier molecular flexibility index (Phi) is 2.31. The SMILES string of the molecule is O=c1c2c(Cl)cccc2nc2n1CCc1sccc1-2. The lowest BCUT2D eigenvalue weighted by Gasteiger charge is -2.18. The molecule has 1 aliphatic heterocycles. The van der Waals surface area contributed by atoms with Crippen molar-refractivity contribution in [2.75, 3.05) is 0 Å². The fourth-order valence-electron chi connectivity index (χ4n) is 2.58. The van der Waals surface area contributed by atoms with E-state index in [1.54, 1.807) is 22.0 Å². The summed E-state index contributed by atoms with van der Waals surface area (Å²) in [6.45, 7) is 0.676. The zero-order valence-corrected chi connectivity index (χ0v) is 11.5. The number of nitrogens with zero attached hydrogens (tertiary/aromatic N) is 2. The van der Waals surface area contributed by atoms with Crippen LogP contribution < -0.4 is 5.56 Å². The second kappa shape index (κ2) is 3.92. The van der Waals surface area contributed by atoms with E-state index in [1.165, 1.54) is 4.88 Å². The van der Waals surface area contributed by atoms with Gasteiger partial charge in [-0.05, 0) is 23.6 Å². The molecule has 1 aliphatic rings. The molecule has 0 aliphatic carbocycles. The smallest absolute Gasteiger partial charge is 0.263 e. The number of rotatable bonds is 0. The standard InChI is InChI=1S/C14H9ClN2OS/c15-9-2-1-3-10-12(9)14(18)17-6-4-11-8(5-7-19-11)13(17)16-10/h1-3,5,7H,4,6H2. The van der Waals surface area contributed by atoms with E-state index in [-0.39, 0.29) is 5.56 Å². The van der Waals surface area contributed by atoms with Gasteiger partial charge in [-0.1, -0.05) is 17.7 Å². The highest BCUT2D eigenvalue weighted by Gasteiger charge is 2.21. The van der Waals surface area contributed by atoms with Gasteiger partial charge in [0.25, 0.3) is 5.56 Å². The third kappa shape index (κ3) is 1.50. The van der Waals surface area contributed by atoms with Crippen LogP contribution in [0.15, 0.2) is 34.4 Å². The first-order chi connectivity index (χ1) is 9.25. The average molecular weight is 289 g/mol. The monoisotopic (exact) mass is 288 g/mol. The van der Waals surface area contributed by atoms with E-state index < -0.39 is 0 Å². The van der Waals surface area contributed by atoms with Crippen LogP contribution in [0.5, 0.6) is 0 Å². The van der Waals surface area contributed by atoms with Crippen molar-refractivity contribution in [2.24, 2.45) is 0 Å². The van der Waals surface area contributed by atoms with Crippen molar-refractivity contribution in [1.29, 1.82) is 0 Å². The summed E-state index contributed by atoms with van der Waals surface area (Å²) in [6.07, 6.45) is 0.886. The summed E-state index contributed by atoms with van der Waals surface area (Å²) >= 11 is 7.85. The molecule has 0 saturated carbocycles. The molecule has 0 spiro atoms. The van der Waals surface area contributed by atoms with E-state index in [4.69, 9.17) is 11.6 Å². The molecular weight excluding hydrogens is 280 g/mol. The van der Waals surface area contributed by atoms with Crippen molar-refractivity contribution >= 4 is 33.8 Å². The molecule has 0 radical (unpaired) electrons. The molecule has 3 aromatic rings. The Balaban J connectivity index is 2.18. The second-order valence-electron chi connectivity index (χ2n) is 4.53. The summed E-state index contributed by atoms with van der Waals surface area (Å²) < 4.78 is 1.74. The molecule has 19 heavy (non-hydrogen) atoms. The largest absolute Gasteiger partial charge is 0.292 e. The number of aryl methyl sites for hydroxylation is 1.